The predicted octanol–water partition coefficient (Wildman–Crippen LogP) is 5.30. The number of carbonyl (C=O) groups is 1. The Kier molecular flexibility index (Phi) is 5.23. The molecule has 0 aliphatic carbocycles. The zero-order valence-electron chi connectivity index (χ0n) is 17.7. The van der Waals surface area contributed by atoms with E-state index >= 15 is 0 Å². The number of furan rings is 1. The minimum absolute atomic E-state index is 0.0490. The zero-order chi connectivity index (χ0) is 22.2. The summed E-state index contributed by atoms with van der Waals surface area (Å²) in [7, 11) is 0. The molecule has 1 atom stereocenters. The summed E-state index contributed by atoms with van der Waals surface area (Å²) < 4.78 is 20.9. The van der Waals surface area contributed by atoms with Crippen molar-refractivity contribution in [3.8, 4) is 11.3 Å². The Bertz CT molecular complexity index is 1280. The maximum atomic E-state index is 15.0. The van der Waals surface area contributed by atoms with Gasteiger partial charge in [0.2, 0.25) is 0 Å². The molecule has 0 amide bonds. The lowest BCUT2D eigenvalue weighted by Gasteiger charge is -2.41. The first kappa shape index (κ1) is 20.4. The number of hydrogen-bond donors (Lipinski definition) is 1. The lowest BCUT2D eigenvalue weighted by atomic mass is 9.94. The standard InChI is InChI=1S/C26H23FN2O3/c1-16(29-14-19(15-29)26(30)31)18-7-9-21(22(27)12-18)25-13-23-24(32-25)10-8-20(28-23)11-17-5-3-2-4-6-17/h2-10,12-13,16,19H,11,14-15H2,1H3,(H,30,31). The monoisotopic (exact) mass is 430 g/mol. The summed E-state index contributed by atoms with van der Waals surface area (Å²) in [6.45, 7) is 2.94. The molecular formula is C26H23FN2O3. The molecule has 1 aliphatic rings. The van der Waals surface area contributed by atoms with Crippen molar-refractivity contribution in [3.63, 3.8) is 0 Å². The van der Waals surface area contributed by atoms with Gasteiger partial charge in [-0.05, 0) is 42.3 Å². The van der Waals surface area contributed by atoms with Crippen LogP contribution in [0.25, 0.3) is 22.4 Å². The van der Waals surface area contributed by atoms with Crippen molar-refractivity contribution < 1.29 is 18.7 Å². The van der Waals surface area contributed by atoms with E-state index in [1.165, 1.54) is 11.6 Å². The molecule has 3 heterocycles. The topological polar surface area (TPSA) is 66.6 Å². The first-order valence-corrected chi connectivity index (χ1v) is 10.7. The Labute approximate surface area is 185 Å². The second-order valence-electron chi connectivity index (χ2n) is 8.36. The Hall–Kier alpha value is -3.51. The summed E-state index contributed by atoms with van der Waals surface area (Å²) >= 11 is 0. The zero-order valence-corrected chi connectivity index (χ0v) is 17.7. The highest BCUT2D eigenvalue weighted by Gasteiger charge is 2.35. The van der Waals surface area contributed by atoms with Crippen molar-refractivity contribution in [2.45, 2.75) is 19.4 Å². The molecule has 162 valence electrons. The fraction of sp³-hybridized carbons (Fsp3) is 0.231. The van der Waals surface area contributed by atoms with Crippen LogP contribution in [0.3, 0.4) is 0 Å². The number of carboxylic acid groups (broad SMARTS) is 1. The van der Waals surface area contributed by atoms with Gasteiger partial charge in [-0.1, -0.05) is 36.4 Å². The third kappa shape index (κ3) is 3.89. The van der Waals surface area contributed by atoms with Gasteiger partial charge in [0.25, 0.3) is 0 Å². The summed E-state index contributed by atoms with van der Waals surface area (Å²) in [5.41, 5.74) is 4.62. The second-order valence-corrected chi connectivity index (χ2v) is 8.36. The van der Waals surface area contributed by atoms with E-state index in [1.807, 2.05) is 48.2 Å². The van der Waals surface area contributed by atoms with Gasteiger partial charge in [0.05, 0.1) is 11.5 Å². The molecule has 0 spiro atoms. The van der Waals surface area contributed by atoms with Crippen LogP contribution >= 0.6 is 0 Å². The van der Waals surface area contributed by atoms with E-state index in [1.54, 1.807) is 12.1 Å². The first-order chi connectivity index (χ1) is 15.5. The number of aromatic nitrogens is 1. The normalized spacial score (nSPS) is 15.6. The fourth-order valence-corrected chi connectivity index (χ4v) is 4.19. The molecule has 2 aromatic carbocycles. The molecule has 1 saturated heterocycles. The van der Waals surface area contributed by atoms with E-state index in [0.717, 1.165) is 17.7 Å². The molecule has 4 aromatic rings. The fourth-order valence-electron chi connectivity index (χ4n) is 4.19. The SMILES string of the molecule is CC(c1ccc(-c2cc3nc(Cc4ccccc4)ccc3o2)c(F)c1)N1CC(C(=O)O)C1. The quantitative estimate of drug-likeness (QED) is 0.450. The number of likely N-dealkylation sites (tertiary alicyclic amines) is 1. The van der Waals surface area contributed by atoms with Crippen LogP contribution < -0.4 is 0 Å². The molecule has 2 aromatic heterocycles. The summed E-state index contributed by atoms with van der Waals surface area (Å²) in [6.07, 6.45) is 0.720. The summed E-state index contributed by atoms with van der Waals surface area (Å²) in [5, 5.41) is 9.06. The van der Waals surface area contributed by atoms with E-state index in [2.05, 4.69) is 17.1 Å². The number of hydrogen-bond acceptors (Lipinski definition) is 4. The van der Waals surface area contributed by atoms with E-state index in [-0.39, 0.29) is 17.8 Å². The minimum Gasteiger partial charge on any atom is -0.481 e. The Balaban J connectivity index is 1.36. The second kappa shape index (κ2) is 8.20. The smallest absolute Gasteiger partial charge is 0.309 e. The molecule has 0 saturated carbocycles. The van der Waals surface area contributed by atoms with E-state index in [0.29, 0.717) is 35.5 Å². The third-order valence-corrected chi connectivity index (χ3v) is 6.21. The number of benzene rings is 2. The molecule has 1 N–H and O–H groups in total. The molecule has 0 bridgehead atoms. The molecule has 1 aliphatic heterocycles. The third-order valence-electron chi connectivity index (χ3n) is 6.21. The van der Waals surface area contributed by atoms with Crippen LogP contribution in [0.2, 0.25) is 0 Å². The van der Waals surface area contributed by atoms with Crippen molar-refractivity contribution in [1.29, 1.82) is 0 Å². The van der Waals surface area contributed by atoms with Gasteiger partial charge in [0, 0.05) is 37.3 Å². The van der Waals surface area contributed by atoms with Gasteiger partial charge in [0.1, 0.15) is 17.1 Å². The maximum Gasteiger partial charge on any atom is 0.309 e. The minimum atomic E-state index is -0.777. The highest BCUT2D eigenvalue weighted by molar-refractivity contribution is 5.79. The summed E-state index contributed by atoms with van der Waals surface area (Å²) in [5.74, 6) is -1.04. The number of aliphatic carboxylic acids is 1. The van der Waals surface area contributed by atoms with Crippen LogP contribution in [-0.4, -0.2) is 34.0 Å². The van der Waals surface area contributed by atoms with Crippen molar-refractivity contribution in [2.75, 3.05) is 13.1 Å². The number of nitrogens with zero attached hydrogens (tertiary/aromatic N) is 2. The van der Waals surface area contributed by atoms with Crippen LogP contribution in [0.5, 0.6) is 0 Å². The van der Waals surface area contributed by atoms with E-state index in [9.17, 15) is 9.18 Å². The van der Waals surface area contributed by atoms with Gasteiger partial charge in [-0.25, -0.2) is 9.37 Å². The Morgan fingerprint density at radius 3 is 2.66 bits per heavy atom. The van der Waals surface area contributed by atoms with Crippen molar-refractivity contribution in [2.24, 2.45) is 5.92 Å². The summed E-state index contributed by atoms with van der Waals surface area (Å²) in [6, 6.07) is 20.8. The van der Waals surface area contributed by atoms with Gasteiger partial charge in [-0.3, -0.25) is 9.69 Å². The van der Waals surface area contributed by atoms with Crippen LogP contribution in [0.15, 0.2) is 71.1 Å². The van der Waals surface area contributed by atoms with Crippen molar-refractivity contribution in [1.82, 2.24) is 9.88 Å². The molecule has 32 heavy (non-hydrogen) atoms. The number of carboxylic acids is 1. The average Bonchev–Trinajstić information content (AvgIpc) is 3.16. The van der Waals surface area contributed by atoms with Gasteiger partial charge >= 0.3 is 5.97 Å². The Morgan fingerprint density at radius 2 is 1.94 bits per heavy atom. The highest BCUT2D eigenvalue weighted by atomic mass is 19.1. The molecule has 6 heteroatoms. The number of halogens is 1. The molecule has 1 fully saturated rings. The Morgan fingerprint density at radius 1 is 1.16 bits per heavy atom. The first-order valence-electron chi connectivity index (χ1n) is 10.7. The van der Waals surface area contributed by atoms with E-state index in [4.69, 9.17) is 9.52 Å². The lowest BCUT2D eigenvalue weighted by Crippen LogP contribution is -2.51. The van der Waals surface area contributed by atoms with Crippen LogP contribution in [0.4, 0.5) is 4.39 Å². The number of rotatable bonds is 6. The maximum absolute atomic E-state index is 15.0. The largest absolute Gasteiger partial charge is 0.481 e. The van der Waals surface area contributed by atoms with Crippen LogP contribution in [0.1, 0.15) is 29.8 Å². The number of fused-ring (bicyclic) bond motifs is 1. The van der Waals surface area contributed by atoms with Gasteiger partial charge in [-0.2, -0.15) is 0 Å². The van der Waals surface area contributed by atoms with E-state index < -0.39 is 5.97 Å². The van der Waals surface area contributed by atoms with Crippen LogP contribution in [0, 0.1) is 11.7 Å². The molecular weight excluding hydrogens is 407 g/mol. The summed E-state index contributed by atoms with van der Waals surface area (Å²) in [4.78, 5) is 17.7. The number of pyridine rings is 1. The average molecular weight is 430 g/mol. The van der Waals surface area contributed by atoms with Crippen molar-refractivity contribution in [3.05, 3.63) is 89.4 Å². The molecule has 5 nitrogen and oxygen atoms in total. The molecule has 0 radical (unpaired) electrons. The van der Waals surface area contributed by atoms with Crippen molar-refractivity contribution >= 4 is 17.1 Å². The highest BCUT2D eigenvalue weighted by Crippen LogP contribution is 2.33. The van der Waals surface area contributed by atoms with Gasteiger partial charge in [-0.15, -0.1) is 0 Å². The molecule has 5 rings (SSSR count). The molecule has 1 unspecified atom stereocenters. The van der Waals surface area contributed by atoms with Crippen LogP contribution in [-0.2, 0) is 11.2 Å². The lowest BCUT2D eigenvalue weighted by molar-refractivity contribution is -0.148. The predicted molar refractivity (Wildman–Crippen MR) is 120 cm³/mol. The van der Waals surface area contributed by atoms with Gasteiger partial charge in [0.15, 0.2) is 5.58 Å². The van der Waals surface area contributed by atoms with Gasteiger partial charge < -0.3 is 9.52 Å².